The highest BCUT2D eigenvalue weighted by Gasteiger charge is 2.19. The number of nitrogens with one attached hydrogen (secondary N) is 1. The molecule has 0 aliphatic carbocycles. The zero-order valence-corrected chi connectivity index (χ0v) is 17.4. The van der Waals surface area contributed by atoms with E-state index in [2.05, 4.69) is 44.4 Å². The number of carbonyl (C=O) groups is 1. The Morgan fingerprint density at radius 3 is 2.81 bits per heavy atom. The van der Waals surface area contributed by atoms with Crippen LogP contribution < -0.4 is 5.32 Å². The summed E-state index contributed by atoms with van der Waals surface area (Å²) in [5.74, 6) is -0.288. The van der Waals surface area contributed by atoms with Crippen molar-refractivity contribution in [3.63, 3.8) is 0 Å². The lowest BCUT2D eigenvalue weighted by molar-refractivity contribution is 0.102. The molecule has 0 bridgehead atoms. The third kappa shape index (κ3) is 3.34. The molecule has 0 saturated carbocycles. The Morgan fingerprint density at radius 2 is 1.94 bits per heavy atom. The van der Waals surface area contributed by atoms with E-state index in [0.29, 0.717) is 5.69 Å². The van der Waals surface area contributed by atoms with Crippen molar-refractivity contribution in [2.24, 2.45) is 0 Å². The van der Waals surface area contributed by atoms with Crippen molar-refractivity contribution in [3.05, 3.63) is 78.4 Å². The number of rotatable bonds is 5. The molecule has 0 unspecified atom stereocenters. The number of hydrogen-bond acceptors (Lipinski definition) is 4. The third-order valence-corrected chi connectivity index (χ3v) is 5.44. The van der Waals surface area contributed by atoms with E-state index in [1.54, 1.807) is 10.9 Å². The predicted octanol–water partition coefficient (Wildman–Crippen LogP) is 4.74. The van der Waals surface area contributed by atoms with Gasteiger partial charge in [-0.2, -0.15) is 0 Å². The highest BCUT2D eigenvalue weighted by molar-refractivity contribution is 6.04. The van der Waals surface area contributed by atoms with Gasteiger partial charge < -0.3 is 9.88 Å². The van der Waals surface area contributed by atoms with E-state index in [4.69, 9.17) is 0 Å². The Hall–Kier alpha value is -4.00. The molecule has 0 aliphatic rings. The average molecular weight is 410 g/mol. The zero-order chi connectivity index (χ0) is 21.4. The fraction of sp³-hybridized carbons (Fsp3) is 0.167. The van der Waals surface area contributed by atoms with E-state index in [-0.39, 0.29) is 11.6 Å². The largest absolute Gasteiger partial charge is 0.347 e. The second-order valence-electron chi connectivity index (χ2n) is 7.52. The topological polar surface area (TPSA) is 77.6 Å². The molecule has 2 aromatic carbocycles. The first-order chi connectivity index (χ1) is 15.2. The van der Waals surface area contributed by atoms with Crippen LogP contribution in [0, 0.1) is 6.92 Å². The van der Waals surface area contributed by atoms with E-state index >= 15 is 0 Å². The maximum absolute atomic E-state index is 12.9. The van der Waals surface area contributed by atoms with Gasteiger partial charge in [-0.1, -0.05) is 30.3 Å². The van der Waals surface area contributed by atoms with Crippen LogP contribution in [0.15, 0.2) is 67.0 Å². The second kappa shape index (κ2) is 7.68. The van der Waals surface area contributed by atoms with E-state index < -0.39 is 0 Å². The van der Waals surface area contributed by atoms with Gasteiger partial charge in [0.25, 0.3) is 5.91 Å². The van der Waals surface area contributed by atoms with Crippen LogP contribution in [0.1, 0.15) is 29.5 Å². The number of fused-ring (bicyclic) bond motifs is 2. The van der Waals surface area contributed by atoms with Crippen molar-refractivity contribution in [3.8, 4) is 5.69 Å². The standard InChI is InChI=1S/C24H22N6O/c1-3-13-29-14-11-18-15-19(9-10-20(18)29)26-24(31)22-16(2)30(28-27-22)21-8-4-6-17-7-5-12-25-23(17)21/h4-12,14-15H,3,13H2,1-2H3,(H,26,31). The summed E-state index contributed by atoms with van der Waals surface area (Å²) in [5, 5.41) is 13.4. The molecular formula is C24H22N6O. The summed E-state index contributed by atoms with van der Waals surface area (Å²) in [6.45, 7) is 4.97. The monoisotopic (exact) mass is 410 g/mol. The van der Waals surface area contributed by atoms with Crippen LogP contribution in [0.2, 0.25) is 0 Å². The molecule has 0 fully saturated rings. The quantitative estimate of drug-likeness (QED) is 0.454. The normalized spacial score (nSPS) is 11.3. The second-order valence-corrected chi connectivity index (χ2v) is 7.52. The van der Waals surface area contributed by atoms with Crippen molar-refractivity contribution in [1.29, 1.82) is 0 Å². The Balaban J connectivity index is 1.44. The number of aromatic nitrogens is 5. The summed E-state index contributed by atoms with van der Waals surface area (Å²) in [7, 11) is 0. The number of benzene rings is 2. The lowest BCUT2D eigenvalue weighted by Gasteiger charge is -2.08. The lowest BCUT2D eigenvalue weighted by atomic mass is 10.2. The van der Waals surface area contributed by atoms with Crippen molar-refractivity contribution < 1.29 is 4.79 Å². The number of nitrogens with zero attached hydrogens (tertiary/aromatic N) is 5. The molecular weight excluding hydrogens is 388 g/mol. The van der Waals surface area contributed by atoms with Gasteiger partial charge in [-0.15, -0.1) is 5.10 Å². The van der Waals surface area contributed by atoms with E-state index in [9.17, 15) is 4.79 Å². The molecule has 31 heavy (non-hydrogen) atoms. The van der Waals surface area contributed by atoms with E-state index in [0.717, 1.165) is 46.1 Å². The number of carbonyl (C=O) groups excluding carboxylic acids is 1. The summed E-state index contributed by atoms with van der Waals surface area (Å²) in [4.78, 5) is 17.4. The lowest BCUT2D eigenvalue weighted by Crippen LogP contribution is -2.14. The molecule has 3 aromatic heterocycles. The minimum atomic E-state index is -0.288. The Kier molecular flexibility index (Phi) is 4.71. The molecule has 7 heteroatoms. The molecule has 0 aliphatic heterocycles. The van der Waals surface area contributed by atoms with Crippen LogP contribution >= 0.6 is 0 Å². The summed E-state index contributed by atoms with van der Waals surface area (Å²) in [5.41, 5.74) is 4.44. The SMILES string of the molecule is CCCn1ccc2cc(NC(=O)c3nnn(-c4cccc5cccnc45)c3C)ccc21. The Labute approximate surface area is 179 Å². The molecule has 1 amide bonds. The molecule has 0 atom stereocenters. The van der Waals surface area contributed by atoms with Crippen LogP contribution in [-0.4, -0.2) is 30.5 Å². The van der Waals surface area contributed by atoms with Crippen LogP contribution in [-0.2, 0) is 6.54 Å². The van der Waals surface area contributed by atoms with E-state index in [1.165, 1.54) is 0 Å². The Morgan fingerprint density at radius 1 is 1.06 bits per heavy atom. The van der Waals surface area contributed by atoms with Crippen molar-refractivity contribution in [2.45, 2.75) is 26.8 Å². The molecule has 3 heterocycles. The molecule has 0 radical (unpaired) electrons. The summed E-state index contributed by atoms with van der Waals surface area (Å²) in [6, 6.07) is 17.8. The molecule has 5 rings (SSSR count). The minimum absolute atomic E-state index is 0.288. The predicted molar refractivity (Wildman–Crippen MR) is 122 cm³/mol. The fourth-order valence-corrected chi connectivity index (χ4v) is 3.93. The van der Waals surface area contributed by atoms with Crippen molar-refractivity contribution in [1.82, 2.24) is 24.5 Å². The summed E-state index contributed by atoms with van der Waals surface area (Å²) < 4.78 is 3.88. The summed E-state index contributed by atoms with van der Waals surface area (Å²) in [6.07, 6.45) is 4.90. The van der Waals surface area contributed by atoms with Gasteiger partial charge >= 0.3 is 0 Å². The van der Waals surface area contributed by atoms with Gasteiger partial charge in [0.15, 0.2) is 5.69 Å². The van der Waals surface area contributed by atoms with Crippen LogP contribution in [0.3, 0.4) is 0 Å². The first kappa shape index (κ1) is 19.0. The van der Waals surface area contributed by atoms with Gasteiger partial charge in [-0.05, 0) is 49.7 Å². The van der Waals surface area contributed by atoms with Crippen LogP contribution in [0.5, 0.6) is 0 Å². The molecule has 154 valence electrons. The van der Waals surface area contributed by atoms with Crippen molar-refractivity contribution in [2.75, 3.05) is 5.32 Å². The molecule has 0 saturated heterocycles. The van der Waals surface area contributed by atoms with Crippen LogP contribution in [0.25, 0.3) is 27.5 Å². The molecule has 1 N–H and O–H groups in total. The third-order valence-electron chi connectivity index (χ3n) is 5.44. The molecule has 7 nitrogen and oxygen atoms in total. The number of aryl methyl sites for hydroxylation is 1. The zero-order valence-electron chi connectivity index (χ0n) is 17.4. The van der Waals surface area contributed by atoms with Gasteiger partial charge in [0, 0.05) is 40.9 Å². The summed E-state index contributed by atoms with van der Waals surface area (Å²) >= 11 is 0. The number of pyridine rings is 1. The van der Waals surface area contributed by atoms with Gasteiger partial charge in [0.1, 0.15) is 0 Å². The molecule has 0 spiro atoms. The van der Waals surface area contributed by atoms with Gasteiger partial charge in [0.2, 0.25) is 0 Å². The maximum atomic E-state index is 12.9. The number of anilines is 1. The highest BCUT2D eigenvalue weighted by Crippen LogP contribution is 2.23. The smallest absolute Gasteiger partial charge is 0.278 e. The first-order valence-electron chi connectivity index (χ1n) is 10.3. The number of amides is 1. The van der Waals surface area contributed by atoms with Crippen molar-refractivity contribution >= 4 is 33.4 Å². The maximum Gasteiger partial charge on any atom is 0.278 e. The van der Waals surface area contributed by atoms with Crippen LogP contribution in [0.4, 0.5) is 5.69 Å². The number of hydrogen-bond donors (Lipinski definition) is 1. The average Bonchev–Trinajstić information content (AvgIpc) is 3.37. The van der Waals surface area contributed by atoms with Gasteiger partial charge in [-0.3, -0.25) is 9.78 Å². The van der Waals surface area contributed by atoms with Gasteiger partial charge in [0.05, 0.1) is 16.9 Å². The molecule has 5 aromatic rings. The number of para-hydroxylation sites is 1. The first-order valence-corrected chi connectivity index (χ1v) is 10.3. The minimum Gasteiger partial charge on any atom is -0.347 e. The Bertz CT molecular complexity index is 1410. The van der Waals surface area contributed by atoms with E-state index in [1.807, 2.05) is 55.5 Å². The highest BCUT2D eigenvalue weighted by atomic mass is 16.2. The van der Waals surface area contributed by atoms with Gasteiger partial charge in [-0.25, -0.2) is 4.68 Å². The fourth-order valence-electron chi connectivity index (χ4n) is 3.93.